The van der Waals surface area contributed by atoms with Gasteiger partial charge < -0.3 is 20.1 Å². The number of hydrogen-bond acceptors (Lipinski definition) is 5. The number of piperazine rings is 1. The van der Waals surface area contributed by atoms with Crippen molar-refractivity contribution in [3.63, 3.8) is 0 Å². The number of unbranched alkanes of at least 4 members (excludes halogenated alkanes) is 7. The molecule has 1 saturated heterocycles. The van der Waals surface area contributed by atoms with Gasteiger partial charge in [-0.2, -0.15) is 0 Å². The highest BCUT2D eigenvalue weighted by molar-refractivity contribution is 5.92. The van der Waals surface area contributed by atoms with Crippen molar-refractivity contribution in [2.45, 2.75) is 83.6 Å². The third-order valence-corrected chi connectivity index (χ3v) is 4.82. The van der Waals surface area contributed by atoms with Crippen molar-refractivity contribution in [3.05, 3.63) is 0 Å². The number of carboxylic acids is 1. The number of rotatable bonds is 14. The number of amides is 2. The minimum absolute atomic E-state index is 0.188. The van der Waals surface area contributed by atoms with Crippen LogP contribution >= 0.6 is 0 Å². The van der Waals surface area contributed by atoms with Crippen LogP contribution in [0.25, 0.3) is 0 Å². The number of carboxylic acid groups (broad SMARTS) is 1. The van der Waals surface area contributed by atoms with E-state index in [1.165, 1.54) is 37.0 Å². The number of nitrogens with zero attached hydrogens (tertiary/aromatic N) is 1. The van der Waals surface area contributed by atoms with Gasteiger partial charge in [0.25, 0.3) is 0 Å². The van der Waals surface area contributed by atoms with E-state index in [4.69, 9.17) is 9.84 Å². The van der Waals surface area contributed by atoms with E-state index >= 15 is 0 Å². The van der Waals surface area contributed by atoms with Gasteiger partial charge in [-0.05, 0) is 6.42 Å². The molecule has 8 nitrogen and oxygen atoms in total. The van der Waals surface area contributed by atoms with Gasteiger partial charge in [-0.15, -0.1) is 0 Å². The van der Waals surface area contributed by atoms with E-state index in [1.54, 1.807) is 0 Å². The highest BCUT2D eigenvalue weighted by atomic mass is 16.5. The van der Waals surface area contributed by atoms with Gasteiger partial charge in [-0.25, -0.2) is 0 Å². The number of ether oxygens (including phenoxy) is 1. The van der Waals surface area contributed by atoms with Crippen LogP contribution in [0.4, 0.5) is 0 Å². The summed E-state index contributed by atoms with van der Waals surface area (Å²) < 4.78 is 5.21. The maximum atomic E-state index is 12.2. The van der Waals surface area contributed by atoms with Crippen molar-refractivity contribution in [1.82, 2.24) is 10.2 Å². The van der Waals surface area contributed by atoms with Crippen LogP contribution in [0.3, 0.4) is 0 Å². The summed E-state index contributed by atoms with van der Waals surface area (Å²) in [6.07, 6.45) is 8.45. The van der Waals surface area contributed by atoms with Crippen molar-refractivity contribution in [2.75, 3.05) is 19.7 Å². The molecule has 1 fully saturated rings. The maximum absolute atomic E-state index is 12.2. The molecule has 2 N–H and O–H groups in total. The summed E-state index contributed by atoms with van der Waals surface area (Å²) in [5, 5.41) is 11.3. The molecule has 1 rings (SSSR count). The summed E-state index contributed by atoms with van der Waals surface area (Å²) in [5.41, 5.74) is 0. The van der Waals surface area contributed by atoms with Crippen molar-refractivity contribution in [1.29, 1.82) is 0 Å². The lowest BCUT2D eigenvalue weighted by molar-refractivity contribution is -0.152. The Bertz CT molecular complexity index is 523. The number of nitrogens with one attached hydrogen (secondary N) is 1. The zero-order chi connectivity index (χ0) is 20.8. The highest BCUT2D eigenvalue weighted by Gasteiger charge is 2.35. The van der Waals surface area contributed by atoms with E-state index in [0.29, 0.717) is 13.2 Å². The van der Waals surface area contributed by atoms with Crippen LogP contribution in [-0.2, 0) is 23.9 Å². The van der Waals surface area contributed by atoms with Crippen LogP contribution in [0.1, 0.15) is 77.6 Å². The van der Waals surface area contributed by atoms with Crippen LogP contribution in [0.5, 0.6) is 0 Å². The number of carbonyl (C=O) groups excluding carboxylic acids is 3. The Morgan fingerprint density at radius 2 is 1.71 bits per heavy atom. The molecular formula is C20H34N2O6. The van der Waals surface area contributed by atoms with E-state index in [-0.39, 0.29) is 25.8 Å². The SMILES string of the molecule is CCCCCCCCCCOC(=O)CC1C(=O)NCCN1C(=O)CCC(=O)O. The molecule has 0 aromatic heterocycles. The lowest BCUT2D eigenvalue weighted by Crippen LogP contribution is -2.57. The number of aliphatic carboxylic acids is 1. The van der Waals surface area contributed by atoms with Crippen LogP contribution in [0.15, 0.2) is 0 Å². The molecule has 0 aromatic carbocycles. The van der Waals surface area contributed by atoms with E-state index in [9.17, 15) is 19.2 Å². The molecule has 1 aliphatic rings. The molecule has 0 spiro atoms. The molecule has 0 saturated carbocycles. The third kappa shape index (κ3) is 9.71. The largest absolute Gasteiger partial charge is 0.481 e. The summed E-state index contributed by atoms with van der Waals surface area (Å²) in [6, 6.07) is -0.930. The molecule has 1 atom stereocenters. The quantitative estimate of drug-likeness (QED) is 0.343. The molecule has 28 heavy (non-hydrogen) atoms. The second kappa shape index (κ2) is 14.0. The van der Waals surface area contributed by atoms with Gasteiger partial charge in [-0.3, -0.25) is 19.2 Å². The maximum Gasteiger partial charge on any atom is 0.308 e. The molecule has 0 bridgehead atoms. The average Bonchev–Trinajstić information content (AvgIpc) is 2.66. The van der Waals surface area contributed by atoms with E-state index in [1.807, 2.05) is 0 Å². The van der Waals surface area contributed by atoms with Crippen LogP contribution in [-0.4, -0.2) is 59.5 Å². The lowest BCUT2D eigenvalue weighted by Gasteiger charge is -2.34. The first kappa shape index (κ1) is 23.9. The summed E-state index contributed by atoms with van der Waals surface area (Å²) >= 11 is 0. The van der Waals surface area contributed by atoms with Gasteiger partial charge in [0, 0.05) is 19.5 Å². The van der Waals surface area contributed by atoms with E-state index in [0.717, 1.165) is 19.3 Å². The van der Waals surface area contributed by atoms with Gasteiger partial charge in [0.2, 0.25) is 11.8 Å². The molecule has 0 radical (unpaired) electrons. The Kier molecular flexibility index (Phi) is 11.9. The first-order chi connectivity index (χ1) is 13.5. The van der Waals surface area contributed by atoms with Crippen molar-refractivity contribution in [3.8, 4) is 0 Å². The normalized spacial score (nSPS) is 16.5. The van der Waals surface area contributed by atoms with Crippen molar-refractivity contribution >= 4 is 23.8 Å². The number of carbonyl (C=O) groups is 4. The summed E-state index contributed by atoms with van der Waals surface area (Å²) in [7, 11) is 0. The smallest absolute Gasteiger partial charge is 0.308 e. The Balaban J connectivity index is 2.29. The van der Waals surface area contributed by atoms with E-state index < -0.39 is 29.8 Å². The topological polar surface area (TPSA) is 113 Å². The van der Waals surface area contributed by atoms with Gasteiger partial charge in [0.15, 0.2) is 0 Å². The van der Waals surface area contributed by atoms with E-state index in [2.05, 4.69) is 12.2 Å². The molecule has 8 heteroatoms. The molecule has 1 aliphatic heterocycles. The van der Waals surface area contributed by atoms with Crippen LogP contribution < -0.4 is 5.32 Å². The highest BCUT2D eigenvalue weighted by Crippen LogP contribution is 2.13. The van der Waals surface area contributed by atoms with Gasteiger partial charge >= 0.3 is 11.9 Å². The van der Waals surface area contributed by atoms with Crippen LogP contribution in [0, 0.1) is 0 Å². The minimum Gasteiger partial charge on any atom is -0.481 e. The number of esters is 1. The Morgan fingerprint density at radius 3 is 2.36 bits per heavy atom. The molecular weight excluding hydrogens is 364 g/mol. The van der Waals surface area contributed by atoms with Crippen molar-refractivity contribution in [2.24, 2.45) is 0 Å². The summed E-state index contributed by atoms with van der Waals surface area (Å²) in [5.74, 6) is -2.42. The first-order valence-corrected chi connectivity index (χ1v) is 10.4. The monoisotopic (exact) mass is 398 g/mol. The summed E-state index contributed by atoms with van der Waals surface area (Å²) in [6.45, 7) is 3.06. The zero-order valence-corrected chi connectivity index (χ0v) is 16.9. The fourth-order valence-electron chi connectivity index (χ4n) is 3.21. The fourth-order valence-corrected chi connectivity index (χ4v) is 3.21. The zero-order valence-electron chi connectivity index (χ0n) is 16.9. The van der Waals surface area contributed by atoms with Gasteiger partial charge in [-0.1, -0.05) is 51.9 Å². The Morgan fingerprint density at radius 1 is 1.07 bits per heavy atom. The predicted molar refractivity (Wildman–Crippen MR) is 104 cm³/mol. The molecule has 0 aromatic rings. The van der Waals surface area contributed by atoms with Crippen LogP contribution in [0.2, 0.25) is 0 Å². The summed E-state index contributed by atoms with van der Waals surface area (Å²) in [4.78, 5) is 48.3. The first-order valence-electron chi connectivity index (χ1n) is 10.4. The minimum atomic E-state index is -1.07. The second-order valence-corrected chi connectivity index (χ2v) is 7.19. The number of hydrogen-bond donors (Lipinski definition) is 2. The molecule has 2 amide bonds. The molecule has 1 heterocycles. The molecule has 0 aliphatic carbocycles. The van der Waals surface area contributed by atoms with Gasteiger partial charge in [0.05, 0.1) is 19.4 Å². The second-order valence-electron chi connectivity index (χ2n) is 7.19. The Hall–Kier alpha value is -2.12. The third-order valence-electron chi connectivity index (χ3n) is 4.82. The molecule has 1 unspecified atom stereocenters. The predicted octanol–water partition coefficient (Wildman–Crippen LogP) is 2.25. The standard InChI is InChI=1S/C20H34N2O6/c1-2-3-4-5-6-7-8-9-14-28-19(26)15-16-20(27)21-12-13-22(16)17(23)10-11-18(24)25/h16H,2-15H2,1H3,(H,21,27)(H,24,25). The van der Waals surface area contributed by atoms with Crippen molar-refractivity contribution < 1.29 is 29.0 Å². The van der Waals surface area contributed by atoms with Gasteiger partial charge in [0.1, 0.15) is 6.04 Å². The molecule has 160 valence electrons. The fraction of sp³-hybridized carbons (Fsp3) is 0.800. The lowest BCUT2D eigenvalue weighted by atomic mass is 10.1. The Labute approximate surface area is 167 Å². The average molecular weight is 399 g/mol.